The number of rotatable bonds is 3. The molecule has 0 aliphatic carbocycles. The zero-order valence-electron chi connectivity index (χ0n) is 11.3. The Morgan fingerprint density at radius 2 is 1.95 bits per heavy atom. The molecule has 2 heterocycles. The fraction of sp³-hybridized carbons (Fsp3) is 0. The van der Waals surface area contributed by atoms with Crippen molar-refractivity contribution in [2.75, 3.05) is 0 Å². The zero-order chi connectivity index (χ0) is 14.7. The average molecular weight is 294 g/mol. The summed E-state index contributed by atoms with van der Waals surface area (Å²) in [6.45, 7) is 3.68. The first-order valence-electron chi connectivity index (χ1n) is 6.54. The highest BCUT2D eigenvalue weighted by Crippen LogP contribution is 2.33. The van der Waals surface area contributed by atoms with E-state index in [1.54, 1.807) is 12.3 Å². The topological polar surface area (TPSA) is 42.0 Å². The van der Waals surface area contributed by atoms with Gasteiger partial charge in [-0.2, -0.15) is 0 Å². The smallest absolute Gasteiger partial charge is 0.150 e. The minimum atomic E-state index is -1.26. The minimum absolute atomic E-state index is 0.772. The molecule has 1 atom stereocenters. The van der Waals surface area contributed by atoms with Gasteiger partial charge < -0.3 is 4.72 Å². The van der Waals surface area contributed by atoms with Gasteiger partial charge in [-0.05, 0) is 24.3 Å². The SMILES string of the molecule is C=CC=CC1=C(c2ccccn2)c2ccccc2S(=O)N1. The van der Waals surface area contributed by atoms with Gasteiger partial charge in [0, 0.05) is 17.3 Å². The van der Waals surface area contributed by atoms with Crippen molar-refractivity contribution in [1.82, 2.24) is 9.71 Å². The van der Waals surface area contributed by atoms with Crippen molar-refractivity contribution in [3.05, 3.63) is 90.4 Å². The first-order chi connectivity index (χ1) is 10.3. The molecule has 1 aliphatic rings. The van der Waals surface area contributed by atoms with Gasteiger partial charge in [-0.15, -0.1) is 0 Å². The molecule has 21 heavy (non-hydrogen) atoms. The van der Waals surface area contributed by atoms with E-state index in [0.717, 1.165) is 27.4 Å². The first-order valence-corrected chi connectivity index (χ1v) is 7.69. The van der Waals surface area contributed by atoms with Crippen molar-refractivity contribution in [1.29, 1.82) is 0 Å². The molecule has 0 radical (unpaired) electrons. The summed E-state index contributed by atoms with van der Waals surface area (Å²) in [7, 11) is -1.26. The maximum Gasteiger partial charge on any atom is 0.150 e. The molecule has 4 heteroatoms. The van der Waals surface area contributed by atoms with Crippen LogP contribution in [-0.4, -0.2) is 9.19 Å². The van der Waals surface area contributed by atoms with Gasteiger partial charge in [0.25, 0.3) is 0 Å². The highest BCUT2D eigenvalue weighted by molar-refractivity contribution is 7.83. The second-order valence-corrected chi connectivity index (χ2v) is 5.65. The maximum atomic E-state index is 12.3. The Kier molecular flexibility index (Phi) is 3.79. The Balaban J connectivity index is 2.27. The summed E-state index contributed by atoms with van der Waals surface area (Å²) >= 11 is 0. The molecule has 1 aliphatic heterocycles. The molecule has 3 nitrogen and oxygen atoms in total. The molecule has 0 saturated heterocycles. The van der Waals surface area contributed by atoms with E-state index < -0.39 is 11.0 Å². The van der Waals surface area contributed by atoms with Gasteiger partial charge in [-0.1, -0.05) is 43.0 Å². The summed E-state index contributed by atoms with van der Waals surface area (Å²) in [6.07, 6.45) is 7.13. The molecule has 0 bridgehead atoms. The van der Waals surface area contributed by atoms with E-state index in [9.17, 15) is 4.21 Å². The van der Waals surface area contributed by atoms with Gasteiger partial charge in [0.15, 0.2) is 11.0 Å². The number of pyridine rings is 1. The molecule has 0 fully saturated rings. The van der Waals surface area contributed by atoms with Crippen LogP contribution in [0.15, 0.2) is 84.1 Å². The number of allylic oxidation sites excluding steroid dienone is 3. The Bertz CT molecular complexity index is 763. The number of nitrogens with zero attached hydrogens (tertiary/aromatic N) is 1. The highest BCUT2D eigenvalue weighted by atomic mass is 32.2. The third kappa shape index (κ3) is 2.58. The lowest BCUT2D eigenvalue weighted by Crippen LogP contribution is -2.23. The fourth-order valence-corrected chi connectivity index (χ4v) is 3.31. The zero-order valence-corrected chi connectivity index (χ0v) is 12.1. The molecular weight excluding hydrogens is 280 g/mol. The summed E-state index contributed by atoms with van der Waals surface area (Å²) in [5, 5.41) is 0. The van der Waals surface area contributed by atoms with Crippen LogP contribution in [0.25, 0.3) is 5.57 Å². The molecular formula is C17H14N2OS. The van der Waals surface area contributed by atoms with Crippen molar-refractivity contribution in [3.8, 4) is 0 Å². The van der Waals surface area contributed by atoms with Crippen LogP contribution in [0.5, 0.6) is 0 Å². The normalized spacial score (nSPS) is 17.4. The van der Waals surface area contributed by atoms with Crippen LogP contribution in [0.3, 0.4) is 0 Å². The number of fused-ring (bicyclic) bond motifs is 1. The number of hydrogen-bond acceptors (Lipinski definition) is 2. The Hall–Kier alpha value is -2.46. The van der Waals surface area contributed by atoms with Gasteiger partial charge in [0.05, 0.1) is 16.3 Å². The van der Waals surface area contributed by atoms with E-state index >= 15 is 0 Å². The van der Waals surface area contributed by atoms with Crippen molar-refractivity contribution in [2.24, 2.45) is 0 Å². The molecule has 3 rings (SSSR count). The van der Waals surface area contributed by atoms with Gasteiger partial charge in [0.1, 0.15) is 0 Å². The van der Waals surface area contributed by atoms with Gasteiger partial charge in [-0.25, -0.2) is 4.21 Å². The number of aromatic nitrogens is 1. The standard InChI is InChI=1S/C17H14N2OS/c1-2-3-9-15-17(14-10-6-7-12-18-14)13-8-4-5-11-16(13)21(20)19-15/h2-12,19H,1H2. The van der Waals surface area contributed by atoms with E-state index in [4.69, 9.17) is 0 Å². The molecule has 1 aromatic heterocycles. The second-order valence-electron chi connectivity index (χ2n) is 4.47. The Morgan fingerprint density at radius 3 is 2.71 bits per heavy atom. The van der Waals surface area contributed by atoms with Crippen LogP contribution in [0, 0.1) is 0 Å². The van der Waals surface area contributed by atoms with Crippen molar-refractivity contribution in [3.63, 3.8) is 0 Å². The third-order valence-electron chi connectivity index (χ3n) is 3.15. The maximum absolute atomic E-state index is 12.3. The molecule has 0 spiro atoms. The van der Waals surface area contributed by atoms with E-state index in [1.165, 1.54) is 0 Å². The summed E-state index contributed by atoms with van der Waals surface area (Å²) in [4.78, 5) is 5.20. The van der Waals surface area contributed by atoms with E-state index in [0.29, 0.717) is 0 Å². The fourth-order valence-electron chi connectivity index (χ4n) is 2.25. The van der Waals surface area contributed by atoms with E-state index in [1.807, 2.05) is 54.6 Å². The second kappa shape index (κ2) is 5.89. The molecule has 1 N–H and O–H groups in total. The summed E-state index contributed by atoms with van der Waals surface area (Å²) in [5.74, 6) is 0. The van der Waals surface area contributed by atoms with Crippen LogP contribution >= 0.6 is 0 Å². The summed E-state index contributed by atoms with van der Waals surface area (Å²) < 4.78 is 15.4. The van der Waals surface area contributed by atoms with Crippen molar-refractivity contribution >= 4 is 16.6 Å². The number of hydrogen-bond donors (Lipinski definition) is 1. The molecule has 2 aromatic rings. The van der Waals surface area contributed by atoms with Crippen LogP contribution in [0.1, 0.15) is 11.3 Å². The van der Waals surface area contributed by atoms with Gasteiger partial charge in [0.2, 0.25) is 0 Å². The van der Waals surface area contributed by atoms with Gasteiger partial charge >= 0.3 is 0 Å². The van der Waals surface area contributed by atoms with Crippen molar-refractivity contribution < 1.29 is 4.21 Å². The lowest BCUT2D eigenvalue weighted by atomic mass is 9.99. The Labute approximate surface area is 126 Å². The first kappa shape index (κ1) is 13.5. The molecule has 104 valence electrons. The summed E-state index contributed by atoms with van der Waals surface area (Å²) in [6, 6.07) is 13.4. The largest absolute Gasteiger partial charge is 0.300 e. The quantitative estimate of drug-likeness (QED) is 0.883. The number of benzene rings is 1. The monoisotopic (exact) mass is 294 g/mol. The molecule has 1 aromatic carbocycles. The van der Waals surface area contributed by atoms with Crippen molar-refractivity contribution in [2.45, 2.75) is 4.90 Å². The number of nitrogens with one attached hydrogen (secondary N) is 1. The predicted molar refractivity (Wildman–Crippen MR) is 85.6 cm³/mol. The lowest BCUT2D eigenvalue weighted by molar-refractivity contribution is 0.677. The van der Waals surface area contributed by atoms with Crippen LogP contribution in [-0.2, 0) is 11.0 Å². The highest BCUT2D eigenvalue weighted by Gasteiger charge is 2.23. The predicted octanol–water partition coefficient (Wildman–Crippen LogP) is 3.21. The Morgan fingerprint density at radius 1 is 1.14 bits per heavy atom. The average Bonchev–Trinajstić information content (AvgIpc) is 2.54. The van der Waals surface area contributed by atoms with E-state index in [-0.39, 0.29) is 0 Å². The van der Waals surface area contributed by atoms with Crippen LogP contribution < -0.4 is 4.72 Å². The molecule has 0 amide bonds. The summed E-state index contributed by atoms with van der Waals surface area (Å²) in [5.41, 5.74) is 3.52. The molecule has 0 saturated carbocycles. The molecule has 1 unspecified atom stereocenters. The van der Waals surface area contributed by atoms with Crippen LogP contribution in [0.2, 0.25) is 0 Å². The lowest BCUT2D eigenvalue weighted by Gasteiger charge is -2.22. The minimum Gasteiger partial charge on any atom is -0.300 e. The van der Waals surface area contributed by atoms with E-state index in [2.05, 4.69) is 16.3 Å². The van der Waals surface area contributed by atoms with Gasteiger partial charge in [-0.3, -0.25) is 4.98 Å². The van der Waals surface area contributed by atoms with Crippen LogP contribution in [0.4, 0.5) is 0 Å². The third-order valence-corrected chi connectivity index (χ3v) is 4.31.